The number of nitriles is 1. The van der Waals surface area contributed by atoms with Crippen molar-refractivity contribution in [3.8, 4) is 11.8 Å². The molecule has 1 heterocycles. The molecule has 2 aromatic rings. The number of likely N-dealkylation sites (N-methyl/N-ethyl adjacent to an activating group) is 1. The van der Waals surface area contributed by atoms with Gasteiger partial charge in [0.15, 0.2) is 12.3 Å². The molecule has 0 atom stereocenters. The quantitative estimate of drug-likeness (QED) is 0.670. The highest BCUT2D eigenvalue weighted by atomic mass is 35.5. The Morgan fingerprint density at radius 3 is 2.69 bits per heavy atom. The summed E-state index contributed by atoms with van der Waals surface area (Å²) in [5.41, 5.74) is 4.96. The summed E-state index contributed by atoms with van der Waals surface area (Å²) in [6.45, 7) is 3.69. The Morgan fingerprint density at radius 2 is 2.10 bits per heavy atom. The molecular formula is C19H22ClN5O4. The number of aromatic nitrogens is 2. The fraction of sp³-hybridized carbons (Fsp3) is 0.368. The van der Waals surface area contributed by atoms with Gasteiger partial charge in [-0.05, 0) is 31.5 Å². The molecule has 1 aromatic carbocycles. The third kappa shape index (κ3) is 4.97. The summed E-state index contributed by atoms with van der Waals surface area (Å²) in [5.74, 6) is -0.380. The van der Waals surface area contributed by atoms with Crippen molar-refractivity contribution in [1.29, 1.82) is 5.26 Å². The number of unbranched alkanes of at least 4 members (excludes halogenated alkanes) is 1. The van der Waals surface area contributed by atoms with Crippen molar-refractivity contribution in [3.05, 3.63) is 49.6 Å². The molecule has 0 saturated heterocycles. The number of anilines is 2. The summed E-state index contributed by atoms with van der Waals surface area (Å²) in [6, 6.07) is 6.36. The zero-order valence-electron chi connectivity index (χ0n) is 16.2. The summed E-state index contributed by atoms with van der Waals surface area (Å²) in [7, 11) is 0. The highest BCUT2D eigenvalue weighted by molar-refractivity contribution is 6.32. The molecule has 9 nitrogen and oxygen atoms in total. The van der Waals surface area contributed by atoms with E-state index in [9.17, 15) is 14.4 Å². The number of nitrogens with two attached hydrogens (primary N) is 1. The molecule has 0 saturated carbocycles. The van der Waals surface area contributed by atoms with Crippen LogP contribution < -0.4 is 26.6 Å². The molecule has 1 amide bonds. The van der Waals surface area contributed by atoms with Crippen molar-refractivity contribution in [2.75, 3.05) is 23.8 Å². The molecule has 0 radical (unpaired) electrons. The first kappa shape index (κ1) is 22.0. The Bertz CT molecular complexity index is 1050. The van der Waals surface area contributed by atoms with Crippen LogP contribution in [-0.2, 0) is 11.3 Å². The smallest absolute Gasteiger partial charge is 0.330 e. The molecule has 29 heavy (non-hydrogen) atoms. The van der Waals surface area contributed by atoms with E-state index in [0.717, 1.165) is 11.3 Å². The number of carbonyl (C=O) groups excluding carboxylic acids is 1. The Hall–Kier alpha value is -3.25. The number of carbonyl (C=O) groups is 1. The van der Waals surface area contributed by atoms with Gasteiger partial charge in [-0.2, -0.15) is 5.26 Å². The fourth-order valence-corrected chi connectivity index (χ4v) is 2.98. The maximum absolute atomic E-state index is 12.7. The molecular weight excluding hydrogens is 398 g/mol. The largest absolute Gasteiger partial charge is 0.482 e. The molecule has 1 aromatic heterocycles. The van der Waals surface area contributed by atoms with Gasteiger partial charge in [0.1, 0.15) is 11.6 Å². The molecule has 10 heteroatoms. The molecule has 154 valence electrons. The van der Waals surface area contributed by atoms with E-state index in [1.54, 1.807) is 6.92 Å². The van der Waals surface area contributed by atoms with Crippen molar-refractivity contribution in [2.45, 2.75) is 33.2 Å². The highest BCUT2D eigenvalue weighted by Gasteiger charge is 2.23. The molecule has 0 fully saturated rings. The van der Waals surface area contributed by atoms with Crippen LogP contribution in [-0.4, -0.2) is 28.6 Å². The van der Waals surface area contributed by atoms with Gasteiger partial charge in [0.05, 0.1) is 16.7 Å². The fourth-order valence-electron chi connectivity index (χ4n) is 2.74. The lowest BCUT2D eigenvalue weighted by Gasteiger charge is -2.23. The number of nitrogen functional groups attached to an aromatic ring is 1. The van der Waals surface area contributed by atoms with Gasteiger partial charge >= 0.3 is 5.69 Å². The van der Waals surface area contributed by atoms with Crippen molar-refractivity contribution >= 4 is 29.0 Å². The van der Waals surface area contributed by atoms with Crippen LogP contribution in [0.3, 0.4) is 0 Å². The van der Waals surface area contributed by atoms with Crippen molar-refractivity contribution in [1.82, 2.24) is 9.55 Å². The molecule has 0 bridgehead atoms. The van der Waals surface area contributed by atoms with Crippen LogP contribution in [0.15, 0.2) is 27.8 Å². The van der Waals surface area contributed by atoms with Gasteiger partial charge in [0.2, 0.25) is 0 Å². The first-order chi connectivity index (χ1) is 13.8. The number of H-pyrrole nitrogens is 1. The molecule has 0 unspecified atom stereocenters. The van der Waals surface area contributed by atoms with E-state index in [0.29, 0.717) is 18.5 Å². The Kier molecular flexibility index (Phi) is 7.45. The van der Waals surface area contributed by atoms with Gasteiger partial charge in [-0.1, -0.05) is 24.9 Å². The van der Waals surface area contributed by atoms with Crippen LogP contribution in [0.1, 0.15) is 32.3 Å². The van der Waals surface area contributed by atoms with Gasteiger partial charge in [0, 0.05) is 13.1 Å². The van der Waals surface area contributed by atoms with Gasteiger partial charge < -0.3 is 15.4 Å². The number of benzene rings is 1. The third-order valence-electron chi connectivity index (χ3n) is 4.25. The Morgan fingerprint density at radius 1 is 1.38 bits per heavy atom. The standard InChI is InChI=1S/C19H22ClN5O4/c1-3-5-8-25-17(22)16(18(27)23-19(25)28)24(4-2)15(26)11-29-14-7-6-12(10-21)9-13(14)20/h6-7,9H,3-5,8,11,22H2,1-2H3,(H,23,27,28). The maximum Gasteiger partial charge on any atom is 0.330 e. The lowest BCUT2D eigenvalue weighted by atomic mass is 10.2. The molecule has 0 aliphatic rings. The van der Waals surface area contributed by atoms with Gasteiger partial charge in [-0.25, -0.2) is 4.79 Å². The van der Waals surface area contributed by atoms with Crippen LogP contribution >= 0.6 is 11.6 Å². The molecule has 0 aliphatic heterocycles. The second-order valence-corrected chi connectivity index (χ2v) is 6.59. The summed E-state index contributed by atoms with van der Waals surface area (Å²) in [5, 5.41) is 9.06. The lowest BCUT2D eigenvalue weighted by molar-refractivity contribution is -0.120. The SMILES string of the molecule is CCCCn1c(N)c(N(CC)C(=O)COc2ccc(C#N)cc2Cl)c(=O)[nH]c1=O. The minimum atomic E-state index is -0.744. The number of hydrogen-bond donors (Lipinski definition) is 2. The summed E-state index contributed by atoms with van der Waals surface area (Å²) in [6.07, 6.45) is 1.52. The third-order valence-corrected chi connectivity index (χ3v) is 4.54. The monoisotopic (exact) mass is 419 g/mol. The molecule has 0 spiro atoms. The summed E-state index contributed by atoms with van der Waals surface area (Å²) >= 11 is 6.05. The van der Waals surface area contributed by atoms with Crippen molar-refractivity contribution in [2.24, 2.45) is 0 Å². The second-order valence-electron chi connectivity index (χ2n) is 6.18. The second kappa shape index (κ2) is 9.80. The van der Waals surface area contributed by atoms with Crippen LogP contribution in [0.4, 0.5) is 11.5 Å². The highest BCUT2D eigenvalue weighted by Crippen LogP contribution is 2.25. The van der Waals surface area contributed by atoms with Gasteiger partial charge in [-0.3, -0.25) is 19.1 Å². The predicted octanol–water partition coefficient (Wildman–Crippen LogP) is 1.88. The number of rotatable bonds is 8. The zero-order valence-corrected chi connectivity index (χ0v) is 17.0. The number of amides is 1. The van der Waals surface area contributed by atoms with Crippen molar-refractivity contribution in [3.63, 3.8) is 0 Å². The average molecular weight is 420 g/mol. The number of ether oxygens (including phenoxy) is 1. The van der Waals surface area contributed by atoms with E-state index in [2.05, 4.69) is 4.98 Å². The topological polar surface area (TPSA) is 134 Å². The van der Waals surface area contributed by atoms with E-state index in [4.69, 9.17) is 27.3 Å². The van der Waals surface area contributed by atoms with Crippen LogP contribution in [0.2, 0.25) is 5.02 Å². The molecule has 2 rings (SSSR count). The van der Waals surface area contributed by atoms with Gasteiger partial charge in [0.25, 0.3) is 11.5 Å². The number of nitrogens with one attached hydrogen (secondary N) is 1. The summed E-state index contributed by atoms with van der Waals surface area (Å²) in [4.78, 5) is 40.5. The van der Waals surface area contributed by atoms with Crippen molar-refractivity contribution < 1.29 is 9.53 Å². The minimum absolute atomic E-state index is 0.0706. The number of aromatic amines is 1. The van der Waals surface area contributed by atoms with E-state index < -0.39 is 23.8 Å². The van der Waals surface area contributed by atoms with Gasteiger partial charge in [-0.15, -0.1) is 0 Å². The minimum Gasteiger partial charge on any atom is -0.482 e. The van der Waals surface area contributed by atoms with E-state index in [1.165, 1.54) is 22.8 Å². The van der Waals surface area contributed by atoms with E-state index >= 15 is 0 Å². The Balaban J connectivity index is 2.29. The molecule has 0 aliphatic carbocycles. The normalized spacial score (nSPS) is 10.4. The number of nitrogens with zero attached hydrogens (tertiary/aromatic N) is 3. The Labute approximate surface area is 172 Å². The van der Waals surface area contributed by atoms with E-state index in [1.807, 2.05) is 13.0 Å². The first-order valence-electron chi connectivity index (χ1n) is 9.09. The first-order valence-corrected chi connectivity index (χ1v) is 9.47. The van der Waals surface area contributed by atoms with Crippen LogP contribution in [0.5, 0.6) is 5.75 Å². The van der Waals surface area contributed by atoms with E-state index in [-0.39, 0.29) is 28.8 Å². The molecule has 3 N–H and O–H groups in total. The summed E-state index contributed by atoms with van der Waals surface area (Å²) < 4.78 is 6.69. The lowest BCUT2D eigenvalue weighted by Crippen LogP contribution is -2.42. The average Bonchev–Trinajstić information content (AvgIpc) is 2.69. The maximum atomic E-state index is 12.7. The van der Waals surface area contributed by atoms with Crippen LogP contribution in [0.25, 0.3) is 0 Å². The number of halogens is 1. The number of hydrogen-bond acceptors (Lipinski definition) is 6. The van der Waals surface area contributed by atoms with Crippen LogP contribution in [0, 0.1) is 11.3 Å². The predicted molar refractivity (Wildman–Crippen MR) is 110 cm³/mol. The zero-order chi connectivity index (χ0) is 21.6.